The van der Waals surface area contributed by atoms with Crippen molar-refractivity contribution in [2.24, 2.45) is 5.10 Å². The van der Waals surface area contributed by atoms with Crippen LogP contribution in [0, 0.1) is 13.8 Å². The van der Waals surface area contributed by atoms with Crippen LogP contribution in [0.4, 0.5) is 11.4 Å². The van der Waals surface area contributed by atoms with Crippen LogP contribution in [0.2, 0.25) is 5.02 Å². The number of halogens is 1. The Morgan fingerprint density at radius 1 is 1.00 bits per heavy atom. The Balaban J connectivity index is 1.91. The zero-order valence-electron chi connectivity index (χ0n) is 17.1. The summed E-state index contributed by atoms with van der Waals surface area (Å²) in [5, 5.41) is 9.60. The van der Waals surface area contributed by atoms with E-state index >= 15 is 0 Å². The highest BCUT2D eigenvalue weighted by Crippen LogP contribution is 2.25. The molecule has 3 amide bonds. The molecule has 158 valence electrons. The number of aryl methyl sites for hydroxylation is 2. The minimum absolute atomic E-state index is 0.0599. The Morgan fingerprint density at radius 2 is 1.73 bits per heavy atom. The molecule has 2 aromatic rings. The van der Waals surface area contributed by atoms with E-state index in [0.717, 1.165) is 11.1 Å². The van der Waals surface area contributed by atoms with Crippen molar-refractivity contribution in [2.45, 2.75) is 27.2 Å². The van der Waals surface area contributed by atoms with Crippen LogP contribution < -0.4 is 20.8 Å². The lowest BCUT2D eigenvalue weighted by Gasteiger charge is -2.10. The number of ether oxygens (including phenoxy) is 1. The Morgan fingerprint density at radius 3 is 2.40 bits per heavy atom. The first-order valence-electron chi connectivity index (χ1n) is 9.04. The summed E-state index contributed by atoms with van der Waals surface area (Å²) in [4.78, 5) is 36.3. The number of hydrazone groups is 1. The van der Waals surface area contributed by atoms with Gasteiger partial charge in [0.1, 0.15) is 5.75 Å². The lowest BCUT2D eigenvalue weighted by molar-refractivity contribution is -0.136. The molecule has 0 spiro atoms. The van der Waals surface area contributed by atoms with Gasteiger partial charge in [-0.25, -0.2) is 5.43 Å². The lowest BCUT2D eigenvalue weighted by atomic mass is 10.2. The number of carbonyl (C=O) groups excluding carboxylic acids is 3. The van der Waals surface area contributed by atoms with E-state index in [0.29, 0.717) is 27.9 Å². The molecular weight excluding hydrogens is 408 g/mol. The Bertz CT molecular complexity index is 1000. The third-order valence-electron chi connectivity index (χ3n) is 4.04. The van der Waals surface area contributed by atoms with Crippen molar-refractivity contribution in [3.05, 3.63) is 52.5 Å². The van der Waals surface area contributed by atoms with Gasteiger partial charge < -0.3 is 15.4 Å². The first-order chi connectivity index (χ1) is 14.2. The second kappa shape index (κ2) is 10.4. The zero-order chi connectivity index (χ0) is 22.3. The van der Waals surface area contributed by atoms with E-state index in [9.17, 15) is 14.4 Å². The first kappa shape index (κ1) is 22.9. The van der Waals surface area contributed by atoms with E-state index in [1.54, 1.807) is 37.3 Å². The molecule has 2 rings (SSSR count). The van der Waals surface area contributed by atoms with Gasteiger partial charge in [-0.2, -0.15) is 5.10 Å². The fraction of sp³-hybridized carbons (Fsp3) is 0.238. The molecule has 0 saturated carbocycles. The third kappa shape index (κ3) is 6.59. The fourth-order valence-electron chi connectivity index (χ4n) is 2.53. The molecule has 0 aromatic heterocycles. The maximum Gasteiger partial charge on any atom is 0.329 e. The Labute approximate surface area is 179 Å². The van der Waals surface area contributed by atoms with Crippen LogP contribution in [-0.4, -0.2) is 30.5 Å². The summed E-state index contributed by atoms with van der Waals surface area (Å²) in [6.07, 6.45) is -0.0599. The van der Waals surface area contributed by atoms with Gasteiger partial charge in [-0.1, -0.05) is 17.7 Å². The van der Waals surface area contributed by atoms with E-state index < -0.39 is 11.8 Å². The molecule has 0 aliphatic carbocycles. The van der Waals surface area contributed by atoms with Crippen LogP contribution in [0.15, 0.2) is 41.5 Å². The van der Waals surface area contributed by atoms with Crippen LogP contribution in [0.3, 0.4) is 0 Å². The highest BCUT2D eigenvalue weighted by molar-refractivity contribution is 6.39. The van der Waals surface area contributed by atoms with Crippen molar-refractivity contribution in [3.8, 4) is 5.75 Å². The van der Waals surface area contributed by atoms with Gasteiger partial charge in [0.15, 0.2) is 0 Å². The molecule has 0 saturated heterocycles. The predicted molar refractivity (Wildman–Crippen MR) is 117 cm³/mol. The smallest absolute Gasteiger partial charge is 0.329 e. The number of methoxy groups -OCH3 is 1. The van der Waals surface area contributed by atoms with Crippen LogP contribution in [0.1, 0.15) is 24.5 Å². The Hall–Kier alpha value is -3.39. The number of benzene rings is 2. The van der Waals surface area contributed by atoms with Crippen LogP contribution in [-0.2, 0) is 14.4 Å². The van der Waals surface area contributed by atoms with Gasteiger partial charge in [0.25, 0.3) is 0 Å². The summed E-state index contributed by atoms with van der Waals surface area (Å²) >= 11 is 5.90. The minimum Gasteiger partial charge on any atom is -0.495 e. The van der Waals surface area contributed by atoms with Gasteiger partial charge in [0, 0.05) is 16.4 Å². The second-order valence-electron chi connectivity index (χ2n) is 6.63. The van der Waals surface area contributed by atoms with Gasteiger partial charge in [-0.3, -0.25) is 14.4 Å². The highest BCUT2D eigenvalue weighted by atomic mass is 35.5. The summed E-state index contributed by atoms with van der Waals surface area (Å²) in [7, 11) is 1.46. The fourth-order valence-corrected chi connectivity index (χ4v) is 2.76. The molecule has 2 aromatic carbocycles. The SMILES string of the molecule is COc1ccc(C)cc1NC(=O)C(=O)N/N=C(/C)CC(=O)Nc1ccc(Cl)cc1C. The van der Waals surface area contributed by atoms with Crippen molar-refractivity contribution < 1.29 is 19.1 Å². The summed E-state index contributed by atoms with van der Waals surface area (Å²) in [6, 6.07) is 10.3. The molecule has 3 N–H and O–H groups in total. The molecule has 0 aliphatic heterocycles. The van der Waals surface area contributed by atoms with Gasteiger partial charge >= 0.3 is 11.8 Å². The average molecular weight is 431 g/mol. The standard InChI is InChI=1S/C21H23ClN4O4/c1-12-5-8-18(30-4)17(9-12)24-20(28)21(29)26-25-14(3)11-19(27)23-16-7-6-15(22)10-13(16)2/h5-10H,11H2,1-4H3,(H,23,27)(H,24,28)(H,26,29)/b25-14-. The molecule has 0 bridgehead atoms. The topological polar surface area (TPSA) is 109 Å². The molecule has 0 unspecified atom stereocenters. The molecule has 0 radical (unpaired) electrons. The number of rotatable bonds is 6. The molecule has 30 heavy (non-hydrogen) atoms. The van der Waals surface area contributed by atoms with Crippen molar-refractivity contribution in [1.82, 2.24) is 5.43 Å². The van der Waals surface area contributed by atoms with Crippen LogP contribution in [0.25, 0.3) is 0 Å². The Kier molecular flexibility index (Phi) is 7.94. The molecule has 0 aliphatic rings. The molecule has 0 atom stereocenters. The largest absolute Gasteiger partial charge is 0.495 e. The number of nitrogens with zero attached hydrogens (tertiary/aromatic N) is 1. The number of amides is 3. The zero-order valence-corrected chi connectivity index (χ0v) is 17.9. The summed E-state index contributed by atoms with van der Waals surface area (Å²) in [5.74, 6) is -1.76. The van der Waals surface area contributed by atoms with E-state index in [2.05, 4.69) is 21.2 Å². The van der Waals surface area contributed by atoms with Gasteiger partial charge in [0.05, 0.1) is 19.2 Å². The summed E-state index contributed by atoms with van der Waals surface area (Å²) < 4.78 is 5.16. The van der Waals surface area contributed by atoms with Crippen molar-refractivity contribution in [2.75, 3.05) is 17.7 Å². The normalized spacial score (nSPS) is 10.9. The van der Waals surface area contributed by atoms with E-state index in [1.165, 1.54) is 7.11 Å². The molecule has 0 heterocycles. The molecule has 0 fully saturated rings. The van der Waals surface area contributed by atoms with Crippen molar-refractivity contribution >= 4 is 46.4 Å². The number of anilines is 2. The first-order valence-corrected chi connectivity index (χ1v) is 9.42. The van der Waals surface area contributed by atoms with Crippen LogP contribution >= 0.6 is 11.6 Å². The number of carbonyl (C=O) groups is 3. The van der Waals surface area contributed by atoms with E-state index in [-0.39, 0.29) is 12.3 Å². The maximum atomic E-state index is 12.2. The summed E-state index contributed by atoms with van der Waals surface area (Å²) in [5.41, 5.74) is 5.18. The quantitative estimate of drug-likeness (QED) is 0.370. The minimum atomic E-state index is -0.966. The average Bonchev–Trinajstić information content (AvgIpc) is 2.68. The van der Waals surface area contributed by atoms with Gasteiger partial charge in [-0.05, 0) is 62.2 Å². The maximum absolute atomic E-state index is 12.2. The third-order valence-corrected chi connectivity index (χ3v) is 4.27. The lowest BCUT2D eigenvalue weighted by Crippen LogP contribution is -2.33. The number of hydrogen-bond acceptors (Lipinski definition) is 5. The molecular formula is C21H23ClN4O4. The molecule has 8 nitrogen and oxygen atoms in total. The van der Waals surface area contributed by atoms with Gasteiger partial charge in [-0.15, -0.1) is 0 Å². The van der Waals surface area contributed by atoms with E-state index in [1.807, 2.05) is 19.9 Å². The van der Waals surface area contributed by atoms with Crippen LogP contribution in [0.5, 0.6) is 5.75 Å². The highest BCUT2D eigenvalue weighted by Gasteiger charge is 2.16. The van der Waals surface area contributed by atoms with E-state index in [4.69, 9.17) is 16.3 Å². The summed E-state index contributed by atoms with van der Waals surface area (Å²) in [6.45, 7) is 5.24. The predicted octanol–water partition coefficient (Wildman–Crippen LogP) is 3.42. The number of hydrogen-bond donors (Lipinski definition) is 3. The van der Waals surface area contributed by atoms with Crippen molar-refractivity contribution in [1.29, 1.82) is 0 Å². The second-order valence-corrected chi connectivity index (χ2v) is 7.07. The number of nitrogens with one attached hydrogen (secondary N) is 3. The van der Waals surface area contributed by atoms with Gasteiger partial charge in [0.2, 0.25) is 5.91 Å². The monoisotopic (exact) mass is 430 g/mol. The van der Waals surface area contributed by atoms with Crippen molar-refractivity contribution in [3.63, 3.8) is 0 Å². The molecule has 9 heteroatoms.